The van der Waals surface area contributed by atoms with Gasteiger partial charge in [-0.05, 0) is 36.5 Å². The summed E-state index contributed by atoms with van der Waals surface area (Å²) in [6.45, 7) is 6.84. The maximum atomic E-state index is 12.1. The zero-order chi connectivity index (χ0) is 17.7. The SMILES string of the molecule is CCc1n[nH]c(=O)c(CNCc2ccc([N+](=O)[O-])cc2C)c1CC. The first-order chi connectivity index (χ1) is 11.5. The quantitative estimate of drug-likeness (QED) is 0.599. The molecule has 0 amide bonds. The van der Waals surface area contributed by atoms with Gasteiger partial charge in [0.25, 0.3) is 11.2 Å². The van der Waals surface area contributed by atoms with Crippen molar-refractivity contribution in [2.24, 2.45) is 0 Å². The average molecular weight is 330 g/mol. The van der Waals surface area contributed by atoms with Gasteiger partial charge in [0.1, 0.15) is 0 Å². The standard InChI is InChI=1S/C17H22N4O3/c1-4-14-15(17(22)20-19-16(14)5-2)10-18-9-12-6-7-13(21(23)24)8-11(12)3/h6-8,18H,4-5,9-10H2,1-3H3,(H,20,22). The molecule has 0 atom stereocenters. The summed E-state index contributed by atoms with van der Waals surface area (Å²) in [6.07, 6.45) is 1.53. The summed E-state index contributed by atoms with van der Waals surface area (Å²) >= 11 is 0. The molecule has 0 unspecified atom stereocenters. The van der Waals surface area contributed by atoms with E-state index in [0.29, 0.717) is 18.7 Å². The van der Waals surface area contributed by atoms with Crippen LogP contribution in [0.5, 0.6) is 0 Å². The monoisotopic (exact) mass is 330 g/mol. The highest BCUT2D eigenvalue weighted by atomic mass is 16.6. The molecule has 0 radical (unpaired) electrons. The summed E-state index contributed by atoms with van der Waals surface area (Å²) in [5, 5.41) is 20.7. The van der Waals surface area contributed by atoms with Gasteiger partial charge in [0, 0.05) is 30.8 Å². The smallest absolute Gasteiger partial charge is 0.269 e. The lowest BCUT2D eigenvalue weighted by atomic mass is 10.0. The Bertz CT molecular complexity index is 799. The Morgan fingerprint density at radius 3 is 2.54 bits per heavy atom. The minimum absolute atomic E-state index is 0.0858. The number of nitro benzene ring substituents is 1. The Morgan fingerprint density at radius 1 is 1.21 bits per heavy atom. The molecule has 0 aliphatic heterocycles. The first-order valence-electron chi connectivity index (χ1n) is 8.01. The highest BCUT2D eigenvalue weighted by molar-refractivity contribution is 5.39. The zero-order valence-electron chi connectivity index (χ0n) is 14.2. The highest BCUT2D eigenvalue weighted by Crippen LogP contribution is 2.17. The van der Waals surface area contributed by atoms with Crippen LogP contribution >= 0.6 is 0 Å². The van der Waals surface area contributed by atoms with E-state index in [1.54, 1.807) is 12.1 Å². The molecular formula is C17H22N4O3. The minimum Gasteiger partial charge on any atom is -0.308 e. The Hall–Kier alpha value is -2.54. The molecule has 2 N–H and O–H groups in total. The predicted molar refractivity (Wildman–Crippen MR) is 92.0 cm³/mol. The lowest BCUT2D eigenvalue weighted by Crippen LogP contribution is -2.25. The van der Waals surface area contributed by atoms with Crippen LogP contribution in [0, 0.1) is 17.0 Å². The van der Waals surface area contributed by atoms with E-state index < -0.39 is 4.92 Å². The lowest BCUT2D eigenvalue weighted by Gasteiger charge is -2.12. The molecule has 0 saturated carbocycles. The van der Waals surface area contributed by atoms with Crippen LogP contribution in [0.4, 0.5) is 5.69 Å². The van der Waals surface area contributed by atoms with Gasteiger partial charge in [0.05, 0.1) is 10.6 Å². The van der Waals surface area contributed by atoms with Gasteiger partial charge in [0.2, 0.25) is 0 Å². The second-order valence-electron chi connectivity index (χ2n) is 5.64. The van der Waals surface area contributed by atoms with E-state index in [-0.39, 0.29) is 11.2 Å². The number of hydrogen-bond acceptors (Lipinski definition) is 5. The first-order valence-corrected chi connectivity index (χ1v) is 8.01. The second kappa shape index (κ2) is 7.83. The number of hydrogen-bond donors (Lipinski definition) is 2. The van der Waals surface area contributed by atoms with Gasteiger partial charge in [-0.1, -0.05) is 19.9 Å². The van der Waals surface area contributed by atoms with Crippen LogP contribution in [-0.2, 0) is 25.9 Å². The van der Waals surface area contributed by atoms with Crippen molar-refractivity contribution in [1.82, 2.24) is 15.5 Å². The molecule has 0 saturated heterocycles. The van der Waals surface area contributed by atoms with E-state index in [1.165, 1.54) is 6.07 Å². The van der Waals surface area contributed by atoms with Gasteiger partial charge in [-0.2, -0.15) is 5.10 Å². The molecule has 0 bridgehead atoms. The topological polar surface area (TPSA) is 101 Å². The van der Waals surface area contributed by atoms with E-state index in [2.05, 4.69) is 15.5 Å². The molecule has 2 aromatic rings. The number of aromatic amines is 1. The summed E-state index contributed by atoms with van der Waals surface area (Å²) in [6, 6.07) is 4.80. The third-order valence-electron chi connectivity index (χ3n) is 4.12. The first kappa shape index (κ1) is 17.8. The Balaban J connectivity index is 2.13. The Labute approximate surface area is 140 Å². The van der Waals surface area contributed by atoms with Crippen molar-refractivity contribution in [3.63, 3.8) is 0 Å². The molecular weight excluding hydrogens is 308 g/mol. The van der Waals surface area contributed by atoms with E-state index in [1.807, 2.05) is 20.8 Å². The van der Waals surface area contributed by atoms with Gasteiger partial charge in [-0.3, -0.25) is 14.9 Å². The number of benzene rings is 1. The molecule has 2 rings (SSSR count). The van der Waals surface area contributed by atoms with E-state index >= 15 is 0 Å². The van der Waals surface area contributed by atoms with Crippen molar-refractivity contribution >= 4 is 5.69 Å². The fourth-order valence-corrected chi connectivity index (χ4v) is 2.78. The van der Waals surface area contributed by atoms with Crippen molar-refractivity contribution in [3.05, 3.63) is 66.6 Å². The van der Waals surface area contributed by atoms with Crippen molar-refractivity contribution in [2.75, 3.05) is 0 Å². The van der Waals surface area contributed by atoms with Crippen LogP contribution in [0.1, 0.15) is 41.8 Å². The van der Waals surface area contributed by atoms with Crippen molar-refractivity contribution < 1.29 is 4.92 Å². The molecule has 7 heteroatoms. The maximum absolute atomic E-state index is 12.1. The Kier molecular flexibility index (Phi) is 5.81. The minimum atomic E-state index is -0.402. The Morgan fingerprint density at radius 2 is 1.96 bits per heavy atom. The summed E-state index contributed by atoms with van der Waals surface area (Å²) in [5.41, 5.74) is 4.36. The highest BCUT2D eigenvalue weighted by Gasteiger charge is 2.12. The van der Waals surface area contributed by atoms with Gasteiger partial charge in [-0.15, -0.1) is 0 Å². The molecule has 0 aliphatic rings. The number of nitrogens with one attached hydrogen (secondary N) is 2. The molecule has 1 aromatic heterocycles. The van der Waals surface area contributed by atoms with Crippen molar-refractivity contribution in [2.45, 2.75) is 46.7 Å². The molecule has 0 fully saturated rings. The van der Waals surface area contributed by atoms with Gasteiger partial charge >= 0.3 is 0 Å². The molecule has 128 valence electrons. The predicted octanol–water partition coefficient (Wildman–Crippen LogP) is 2.40. The summed E-state index contributed by atoms with van der Waals surface area (Å²) < 4.78 is 0. The van der Waals surface area contributed by atoms with E-state index in [0.717, 1.165) is 35.2 Å². The van der Waals surface area contributed by atoms with Gasteiger partial charge < -0.3 is 5.32 Å². The average Bonchev–Trinajstić information content (AvgIpc) is 2.57. The lowest BCUT2D eigenvalue weighted by molar-refractivity contribution is -0.384. The summed E-state index contributed by atoms with van der Waals surface area (Å²) in [4.78, 5) is 22.4. The molecule has 0 spiro atoms. The van der Waals surface area contributed by atoms with Crippen LogP contribution in [-0.4, -0.2) is 15.1 Å². The normalized spacial score (nSPS) is 10.8. The van der Waals surface area contributed by atoms with E-state index in [4.69, 9.17) is 0 Å². The third kappa shape index (κ3) is 3.86. The molecule has 0 aliphatic carbocycles. The molecule has 7 nitrogen and oxygen atoms in total. The number of H-pyrrole nitrogens is 1. The number of nitrogens with zero attached hydrogens (tertiary/aromatic N) is 2. The fraction of sp³-hybridized carbons (Fsp3) is 0.412. The summed E-state index contributed by atoms with van der Waals surface area (Å²) in [5.74, 6) is 0. The van der Waals surface area contributed by atoms with Crippen LogP contribution in [0.3, 0.4) is 0 Å². The van der Waals surface area contributed by atoms with Gasteiger partial charge in [0.15, 0.2) is 0 Å². The zero-order valence-corrected chi connectivity index (χ0v) is 14.2. The fourth-order valence-electron chi connectivity index (χ4n) is 2.78. The molecule has 1 heterocycles. The van der Waals surface area contributed by atoms with Gasteiger partial charge in [-0.25, -0.2) is 5.10 Å². The summed E-state index contributed by atoms with van der Waals surface area (Å²) in [7, 11) is 0. The van der Waals surface area contributed by atoms with Crippen LogP contribution < -0.4 is 10.9 Å². The van der Waals surface area contributed by atoms with Crippen LogP contribution in [0.2, 0.25) is 0 Å². The van der Waals surface area contributed by atoms with Crippen LogP contribution in [0.25, 0.3) is 0 Å². The third-order valence-corrected chi connectivity index (χ3v) is 4.12. The number of aromatic nitrogens is 2. The van der Waals surface area contributed by atoms with Crippen LogP contribution in [0.15, 0.2) is 23.0 Å². The number of nitro groups is 1. The second-order valence-corrected chi connectivity index (χ2v) is 5.64. The van der Waals surface area contributed by atoms with E-state index in [9.17, 15) is 14.9 Å². The largest absolute Gasteiger partial charge is 0.308 e. The number of rotatable bonds is 7. The number of non-ortho nitro benzene ring substituents is 1. The maximum Gasteiger partial charge on any atom is 0.269 e. The van der Waals surface area contributed by atoms with Crippen molar-refractivity contribution in [1.29, 1.82) is 0 Å². The number of aryl methyl sites for hydroxylation is 2. The van der Waals surface area contributed by atoms with Crippen molar-refractivity contribution in [3.8, 4) is 0 Å². The molecule has 1 aromatic carbocycles. The molecule has 24 heavy (non-hydrogen) atoms.